The van der Waals surface area contributed by atoms with Gasteiger partial charge in [-0.1, -0.05) is 32.4 Å². The minimum atomic E-state index is -0.131. The monoisotopic (exact) mass is 430 g/mol. The Morgan fingerprint density at radius 2 is 1.94 bits per heavy atom. The normalized spacial score (nSPS) is 42.5. The third-order valence-corrected chi connectivity index (χ3v) is 10.1. The van der Waals surface area contributed by atoms with Crippen molar-refractivity contribution < 1.29 is 19.1 Å². The summed E-state index contributed by atoms with van der Waals surface area (Å²) >= 11 is 0. The van der Waals surface area contributed by atoms with Crippen LogP contribution in [0.1, 0.15) is 91.9 Å². The largest absolute Gasteiger partial charge is 0.469 e. The van der Waals surface area contributed by atoms with Gasteiger partial charge < -0.3 is 9.47 Å². The molecule has 0 N–H and O–H groups in total. The Labute approximate surface area is 188 Å². The van der Waals surface area contributed by atoms with Gasteiger partial charge in [-0.3, -0.25) is 9.59 Å². The summed E-state index contributed by atoms with van der Waals surface area (Å²) in [6.45, 7) is 8.95. The van der Waals surface area contributed by atoms with E-state index in [9.17, 15) is 9.59 Å². The molecule has 3 unspecified atom stereocenters. The molecule has 31 heavy (non-hydrogen) atoms. The highest BCUT2D eigenvalue weighted by Crippen LogP contribution is 2.66. The second-order valence-corrected chi connectivity index (χ2v) is 11.6. The highest BCUT2D eigenvalue weighted by Gasteiger charge is 2.57. The van der Waals surface area contributed by atoms with Crippen molar-refractivity contribution >= 4 is 11.9 Å². The lowest BCUT2D eigenvalue weighted by molar-refractivity contribution is -0.151. The molecule has 0 aromatic carbocycles. The van der Waals surface area contributed by atoms with Gasteiger partial charge in [-0.2, -0.15) is 0 Å². The molecule has 3 saturated carbocycles. The Morgan fingerprint density at radius 3 is 2.65 bits per heavy atom. The van der Waals surface area contributed by atoms with Gasteiger partial charge >= 0.3 is 11.9 Å². The van der Waals surface area contributed by atoms with Crippen LogP contribution < -0.4 is 0 Å². The molecule has 8 atom stereocenters. The maximum atomic E-state index is 11.7. The van der Waals surface area contributed by atoms with Crippen LogP contribution in [0.15, 0.2) is 11.6 Å². The molecular weight excluding hydrogens is 388 g/mol. The van der Waals surface area contributed by atoms with E-state index in [0.29, 0.717) is 29.6 Å². The fraction of sp³-hybridized carbons (Fsp3) is 0.852. The lowest BCUT2D eigenvalue weighted by Crippen LogP contribution is -2.49. The second kappa shape index (κ2) is 8.56. The lowest BCUT2D eigenvalue weighted by atomic mass is 9.48. The van der Waals surface area contributed by atoms with E-state index in [1.165, 1.54) is 46.1 Å². The minimum absolute atomic E-state index is 0.0759. The number of ether oxygens (including phenoxy) is 2. The van der Waals surface area contributed by atoms with Gasteiger partial charge in [0.05, 0.1) is 7.11 Å². The van der Waals surface area contributed by atoms with Gasteiger partial charge in [-0.25, -0.2) is 0 Å². The topological polar surface area (TPSA) is 52.6 Å². The average Bonchev–Trinajstić information content (AvgIpc) is 3.09. The Balaban J connectivity index is 1.50. The molecule has 0 bridgehead atoms. The third kappa shape index (κ3) is 3.97. The van der Waals surface area contributed by atoms with E-state index in [0.717, 1.165) is 37.5 Å². The van der Waals surface area contributed by atoms with E-state index in [1.807, 2.05) is 0 Å². The quantitative estimate of drug-likeness (QED) is 0.391. The number of rotatable bonds is 5. The highest BCUT2D eigenvalue weighted by molar-refractivity contribution is 5.69. The van der Waals surface area contributed by atoms with Crippen LogP contribution in [0.4, 0.5) is 0 Å². The zero-order valence-electron chi connectivity index (χ0n) is 20.2. The van der Waals surface area contributed by atoms with Gasteiger partial charge in [0.25, 0.3) is 0 Å². The Morgan fingerprint density at radius 1 is 1.16 bits per heavy atom. The van der Waals surface area contributed by atoms with E-state index in [2.05, 4.69) is 26.8 Å². The van der Waals surface area contributed by atoms with E-state index in [1.54, 1.807) is 5.57 Å². The van der Waals surface area contributed by atoms with Gasteiger partial charge in [-0.15, -0.1) is 0 Å². The predicted molar refractivity (Wildman–Crippen MR) is 121 cm³/mol. The molecule has 0 spiro atoms. The summed E-state index contributed by atoms with van der Waals surface area (Å²) < 4.78 is 10.5. The molecule has 4 heteroatoms. The fourth-order valence-corrected chi connectivity index (χ4v) is 8.45. The van der Waals surface area contributed by atoms with Crippen molar-refractivity contribution in [2.24, 2.45) is 40.4 Å². The maximum absolute atomic E-state index is 11.7. The van der Waals surface area contributed by atoms with Crippen LogP contribution in [0.3, 0.4) is 0 Å². The molecule has 0 saturated heterocycles. The first-order valence-corrected chi connectivity index (χ1v) is 12.6. The number of esters is 2. The highest BCUT2D eigenvalue weighted by atomic mass is 16.5. The molecule has 0 aliphatic heterocycles. The van der Waals surface area contributed by atoms with Crippen LogP contribution in [-0.2, 0) is 19.1 Å². The Hall–Kier alpha value is -1.32. The molecule has 0 aromatic heterocycles. The average molecular weight is 431 g/mol. The van der Waals surface area contributed by atoms with Crippen molar-refractivity contribution in [3.8, 4) is 0 Å². The molecule has 4 rings (SSSR count). The molecule has 4 nitrogen and oxygen atoms in total. The summed E-state index contributed by atoms with van der Waals surface area (Å²) in [7, 11) is 1.49. The van der Waals surface area contributed by atoms with Gasteiger partial charge in [0.2, 0.25) is 0 Å². The molecular formula is C27H42O4. The minimum Gasteiger partial charge on any atom is -0.469 e. The smallest absolute Gasteiger partial charge is 0.305 e. The van der Waals surface area contributed by atoms with Crippen LogP contribution in [0, 0.1) is 40.4 Å². The third-order valence-electron chi connectivity index (χ3n) is 10.1. The fourth-order valence-electron chi connectivity index (χ4n) is 8.45. The first-order chi connectivity index (χ1) is 14.7. The second-order valence-electron chi connectivity index (χ2n) is 11.6. The van der Waals surface area contributed by atoms with Crippen molar-refractivity contribution in [1.29, 1.82) is 0 Å². The van der Waals surface area contributed by atoms with Gasteiger partial charge in [-0.05, 0) is 98.2 Å². The molecule has 0 aromatic rings. The standard InChI is InChI=1S/C27H42O4/c1-17(6-11-25(29)30-5)22-9-10-23-21-8-7-19-16-20(31-18(2)28)12-14-26(19,3)24(21)13-15-27(22,23)4/h13,17,19-23H,6-12,14-16H2,1-5H3/t17-,19-,20-,21?,22?,23?,26+,27-/m1/s1. The van der Waals surface area contributed by atoms with Crippen molar-refractivity contribution in [1.82, 2.24) is 0 Å². The Kier molecular flexibility index (Phi) is 6.31. The molecule has 0 amide bonds. The van der Waals surface area contributed by atoms with Crippen molar-refractivity contribution in [2.45, 2.75) is 98.0 Å². The lowest BCUT2D eigenvalue weighted by Gasteiger charge is -2.57. The Bertz CT molecular complexity index is 742. The van der Waals surface area contributed by atoms with E-state index in [-0.39, 0.29) is 23.5 Å². The number of carbonyl (C=O) groups is 2. The molecule has 174 valence electrons. The van der Waals surface area contributed by atoms with Gasteiger partial charge in [0.15, 0.2) is 0 Å². The zero-order chi connectivity index (χ0) is 22.4. The predicted octanol–water partition coefficient (Wildman–Crippen LogP) is 6.09. The molecule has 4 aliphatic rings. The number of hydrogen-bond acceptors (Lipinski definition) is 4. The molecule has 0 heterocycles. The molecule has 4 aliphatic carbocycles. The SMILES string of the molecule is COC(=O)CC[C@@H](C)C1CCC2C3CC[C@@H]4C[C@H](OC(C)=O)CC[C@]4(C)C3=CC[C@@]21C. The summed E-state index contributed by atoms with van der Waals surface area (Å²) in [4.78, 5) is 23.1. The van der Waals surface area contributed by atoms with Crippen LogP contribution in [0.25, 0.3) is 0 Å². The van der Waals surface area contributed by atoms with Crippen molar-refractivity contribution in [3.63, 3.8) is 0 Å². The number of allylic oxidation sites excluding steroid dienone is 2. The summed E-state index contributed by atoms with van der Waals surface area (Å²) in [5.74, 6) is 3.21. The summed E-state index contributed by atoms with van der Waals surface area (Å²) in [6.07, 6.45) is 13.8. The number of fused-ring (bicyclic) bond motifs is 5. The van der Waals surface area contributed by atoms with Crippen LogP contribution in [0.2, 0.25) is 0 Å². The van der Waals surface area contributed by atoms with E-state index >= 15 is 0 Å². The van der Waals surface area contributed by atoms with Crippen LogP contribution in [-0.4, -0.2) is 25.2 Å². The van der Waals surface area contributed by atoms with Crippen LogP contribution >= 0.6 is 0 Å². The first kappa shape index (κ1) is 22.9. The van der Waals surface area contributed by atoms with E-state index in [4.69, 9.17) is 9.47 Å². The first-order valence-electron chi connectivity index (χ1n) is 12.6. The number of carbonyl (C=O) groups excluding carboxylic acids is 2. The van der Waals surface area contributed by atoms with Gasteiger partial charge in [0, 0.05) is 13.3 Å². The van der Waals surface area contributed by atoms with Crippen molar-refractivity contribution in [2.75, 3.05) is 7.11 Å². The summed E-state index contributed by atoms with van der Waals surface area (Å²) in [6, 6.07) is 0. The number of methoxy groups -OCH3 is 1. The molecule has 0 radical (unpaired) electrons. The summed E-state index contributed by atoms with van der Waals surface area (Å²) in [5, 5.41) is 0. The zero-order valence-corrected chi connectivity index (χ0v) is 20.2. The molecule has 3 fully saturated rings. The van der Waals surface area contributed by atoms with Gasteiger partial charge in [0.1, 0.15) is 6.10 Å². The van der Waals surface area contributed by atoms with E-state index < -0.39 is 0 Å². The van der Waals surface area contributed by atoms with Crippen molar-refractivity contribution in [3.05, 3.63) is 11.6 Å². The number of hydrogen-bond donors (Lipinski definition) is 0. The maximum Gasteiger partial charge on any atom is 0.305 e. The van der Waals surface area contributed by atoms with Crippen LogP contribution in [0.5, 0.6) is 0 Å². The summed E-state index contributed by atoms with van der Waals surface area (Å²) in [5.41, 5.74) is 2.40.